The van der Waals surface area contributed by atoms with Crippen LogP contribution in [0.15, 0.2) is 0 Å². The van der Waals surface area contributed by atoms with Crippen molar-refractivity contribution in [3.05, 3.63) is 0 Å². The summed E-state index contributed by atoms with van der Waals surface area (Å²) in [6.45, 7) is -0.0544. The second-order valence-electron chi connectivity index (χ2n) is 4.67. The number of carboxylic acid groups (broad SMARTS) is 1. The predicted octanol–water partition coefficient (Wildman–Crippen LogP) is -0.412. The Morgan fingerprint density at radius 3 is 2.29 bits per heavy atom. The quantitative estimate of drug-likeness (QED) is 0.638. The molecule has 17 heavy (non-hydrogen) atoms. The third-order valence-corrected chi connectivity index (χ3v) is 3.66. The number of carbonyl (C=O) groups excluding carboxylic acids is 2. The molecule has 6 nitrogen and oxygen atoms in total. The molecule has 1 aliphatic heterocycles. The normalized spacial score (nSPS) is 23.9. The molecule has 0 aromatic rings. The topological polar surface area (TPSA) is 86.7 Å². The summed E-state index contributed by atoms with van der Waals surface area (Å²) < 4.78 is 0. The van der Waals surface area contributed by atoms with Gasteiger partial charge in [-0.15, -0.1) is 0 Å². The fourth-order valence-corrected chi connectivity index (χ4v) is 2.39. The Balaban J connectivity index is 2.20. The van der Waals surface area contributed by atoms with E-state index in [9.17, 15) is 19.5 Å². The molecule has 0 spiro atoms. The molecule has 1 aliphatic carbocycles. The van der Waals surface area contributed by atoms with Gasteiger partial charge in [-0.05, 0) is 25.8 Å². The summed E-state index contributed by atoms with van der Waals surface area (Å²) in [5.41, 5.74) is -1.17. The van der Waals surface area contributed by atoms with Gasteiger partial charge in [-0.2, -0.15) is 0 Å². The van der Waals surface area contributed by atoms with Gasteiger partial charge in [-0.25, -0.2) is 0 Å². The average molecular weight is 240 g/mol. The SMILES string of the molecule is CNC(CN1C(=O)CCC1=O)(C(=O)O)C1CC1. The fraction of sp³-hybridized carbons (Fsp3) is 0.727. The van der Waals surface area contributed by atoms with Crippen molar-refractivity contribution in [3.8, 4) is 0 Å². The Hall–Kier alpha value is -1.43. The molecule has 1 atom stereocenters. The summed E-state index contributed by atoms with van der Waals surface area (Å²) >= 11 is 0. The molecule has 2 N–H and O–H groups in total. The zero-order valence-corrected chi connectivity index (χ0v) is 9.73. The molecule has 2 amide bonds. The summed E-state index contributed by atoms with van der Waals surface area (Å²) in [5.74, 6) is -1.52. The van der Waals surface area contributed by atoms with Crippen molar-refractivity contribution < 1.29 is 19.5 Å². The summed E-state index contributed by atoms with van der Waals surface area (Å²) in [7, 11) is 1.57. The van der Waals surface area contributed by atoms with Crippen molar-refractivity contribution in [3.63, 3.8) is 0 Å². The second-order valence-corrected chi connectivity index (χ2v) is 4.67. The maximum Gasteiger partial charge on any atom is 0.326 e. The number of aliphatic carboxylic acids is 1. The highest BCUT2D eigenvalue weighted by molar-refractivity contribution is 6.02. The lowest BCUT2D eigenvalue weighted by Gasteiger charge is -2.32. The highest BCUT2D eigenvalue weighted by Crippen LogP contribution is 2.40. The molecular formula is C11H16N2O4. The van der Waals surface area contributed by atoms with E-state index >= 15 is 0 Å². The molecule has 94 valence electrons. The number of amides is 2. The van der Waals surface area contributed by atoms with Crippen LogP contribution in [0.4, 0.5) is 0 Å². The number of hydrogen-bond acceptors (Lipinski definition) is 4. The van der Waals surface area contributed by atoms with Crippen molar-refractivity contribution in [2.24, 2.45) is 5.92 Å². The summed E-state index contributed by atoms with van der Waals surface area (Å²) in [4.78, 5) is 35.6. The van der Waals surface area contributed by atoms with E-state index in [1.807, 2.05) is 0 Å². The minimum atomic E-state index is -1.17. The molecule has 2 aliphatic rings. The fourth-order valence-electron chi connectivity index (χ4n) is 2.39. The lowest BCUT2D eigenvalue weighted by Crippen LogP contribution is -2.60. The molecule has 0 aromatic carbocycles. The van der Waals surface area contributed by atoms with Gasteiger partial charge >= 0.3 is 5.97 Å². The number of carboxylic acids is 1. The van der Waals surface area contributed by atoms with E-state index in [2.05, 4.69) is 5.32 Å². The van der Waals surface area contributed by atoms with Crippen LogP contribution in [0, 0.1) is 5.92 Å². The Labute approximate surface area is 99.0 Å². The first-order chi connectivity index (χ1) is 8.01. The molecule has 1 saturated heterocycles. The first kappa shape index (κ1) is 12.0. The van der Waals surface area contributed by atoms with Crippen LogP contribution in [0.2, 0.25) is 0 Å². The average Bonchev–Trinajstić information content (AvgIpc) is 3.07. The van der Waals surface area contributed by atoms with Gasteiger partial charge in [0.1, 0.15) is 5.54 Å². The van der Waals surface area contributed by atoms with Gasteiger partial charge in [-0.1, -0.05) is 0 Å². The van der Waals surface area contributed by atoms with Gasteiger partial charge in [-0.3, -0.25) is 19.3 Å². The molecule has 0 bridgehead atoms. The smallest absolute Gasteiger partial charge is 0.326 e. The Morgan fingerprint density at radius 2 is 1.94 bits per heavy atom. The largest absolute Gasteiger partial charge is 0.480 e. The van der Waals surface area contributed by atoms with Crippen LogP contribution in [-0.2, 0) is 14.4 Å². The lowest BCUT2D eigenvalue weighted by atomic mass is 9.92. The van der Waals surface area contributed by atoms with Crippen LogP contribution < -0.4 is 5.32 Å². The highest BCUT2D eigenvalue weighted by atomic mass is 16.4. The Bertz CT molecular complexity index is 362. The van der Waals surface area contributed by atoms with Crippen molar-refractivity contribution >= 4 is 17.8 Å². The van der Waals surface area contributed by atoms with Gasteiger partial charge in [0.2, 0.25) is 11.8 Å². The van der Waals surface area contributed by atoms with Crippen LogP contribution in [0.1, 0.15) is 25.7 Å². The number of likely N-dealkylation sites (N-methyl/N-ethyl adjacent to an activating group) is 1. The predicted molar refractivity (Wildman–Crippen MR) is 58.1 cm³/mol. The van der Waals surface area contributed by atoms with Crippen LogP contribution in [-0.4, -0.2) is 46.9 Å². The maximum absolute atomic E-state index is 11.5. The number of carbonyl (C=O) groups is 3. The lowest BCUT2D eigenvalue weighted by molar-refractivity contribution is -0.149. The van der Waals surface area contributed by atoms with Crippen LogP contribution in [0.5, 0.6) is 0 Å². The molecule has 6 heteroatoms. The summed E-state index contributed by atoms with van der Waals surface area (Å²) in [6, 6.07) is 0. The molecular weight excluding hydrogens is 224 g/mol. The summed E-state index contributed by atoms with van der Waals surface area (Å²) in [6.07, 6.45) is 2.04. The van der Waals surface area contributed by atoms with Gasteiger partial charge in [0.05, 0.1) is 6.54 Å². The van der Waals surface area contributed by atoms with Crippen molar-refractivity contribution in [1.82, 2.24) is 10.2 Å². The van der Waals surface area contributed by atoms with Crippen molar-refractivity contribution in [2.75, 3.05) is 13.6 Å². The van der Waals surface area contributed by atoms with E-state index in [1.54, 1.807) is 7.05 Å². The molecule has 0 radical (unpaired) electrons. The highest BCUT2D eigenvalue weighted by Gasteiger charge is 2.53. The zero-order chi connectivity index (χ0) is 12.6. The van der Waals surface area contributed by atoms with E-state index in [0.717, 1.165) is 17.7 Å². The van der Waals surface area contributed by atoms with Crippen molar-refractivity contribution in [1.29, 1.82) is 0 Å². The van der Waals surface area contributed by atoms with E-state index in [0.29, 0.717) is 0 Å². The number of nitrogens with one attached hydrogen (secondary N) is 1. The number of nitrogens with zero attached hydrogens (tertiary/aromatic N) is 1. The first-order valence-electron chi connectivity index (χ1n) is 5.77. The molecule has 1 unspecified atom stereocenters. The van der Waals surface area contributed by atoms with Crippen LogP contribution in [0.25, 0.3) is 0 Å². The second kappa shape index (κ2) is 4.10. The maximum atomic E-state index is 11.5. The first-order valence-corrected chi connectivity index (χ1v) is 5.77. The number of hydrogen-bond donors (Lipinski definition) is 2. The minimum absolute atomic E-state index is 0.00574. The third-order valence-electron chi connectivity index (χ3n) is 3.66. The summed E-state index contributed by atoms with van der Waals surface area (Å²) in [5, 5.41) is 12.2. The monoisotopic (exact) mass is 240 g/mol. The number of likely N-dealkylation sites (tertiary alicyclic amines) is 1. The molecule has 2 rings (SSSR count). The van der Waals surface area contributed by atoms with E-state index in [1.165, 1.54) is 0 Å². The van der Waals surface area contributed by atoms with Gasteiger partial charge in [0, 0.05) is 12.8 Å². The van der Waals surface area contributed by atoms with E-state index in [-0.39, 0.29) is 37.1 Å². The Kier molecular flexibility index (Phi) is 2.91. The molecule has 1 heterocycles. The number of imide groups is 1. The molecule has 1 saturated carbocycles. The van der Waals surface area contributed by atoms with Gasteiger partial charge < -0.3 is 10.4 Å². The standard InChI is InChI=1S/C11H16N2O4/c1-12-11(10(16)17,7-2-3-7)6-13-8(14)4-5-9(13)15/h7,12H,2-6H2,1H3,(H,16,17). The van der Waals surface area contributed by atoms with Gasteiger partial charge in [0.25, 0.3) is 0 Å². The van der Waals surface area contributed by atoms with E-state index in [4.69, 9.17) is 0 Å². The van der Waals surface area contributed by atoms with Crippen LogP contribution >= 0.6 is 0 Å². The molecule has 2 fully saturated rings. The van der Waals surface area contributed by atoms with E-state index < -0.39 is 11.5 Å². The Morgan fingerprint density at radius 1 is 1.41 bits per heavy atom. The third kappa shape index (κ3) is 1.93. The molecule has 0 aromatic heterocycles. The zero-order valence-electron chi connectivity index (χ0n) is 9.73. The minimum Gasteiger partial charge on any atom is -0.480 e. The number of rotatable bonds is 5. The van der Waals surface area contributed by atoms with Gasteiger partial charge in [0.15, 0.2) is 0 Å². The van der Waals surface area contributed by atoms with Crippen molar-refractivity contribution in [2.45, 2.75) is 31.2 Å². The van der Waals surface area contributed by atoms with Crippen LogP contribution in [0.3, 0.4) is 0 Å².